The molecular formula is C19H23N3O4S. The van der Waals surface area contributed by atoms with E-state index >= 15 is 0 Å². The maximum atomic E-state index is 13.0. The first kappa shape index (κ1) is 19.3. The molecular weight excluding hydrogens is 366 g/mol. The van der Waals surface area contributed by atoms with Gasteiger partial charge in [-0.1, -0.05) is 6.07 Å². The maximum Gasteiger partial charge on any atom is 0.251 e. The number of amides is 1. The summed E-state index contributed by atoms with van der Waals surface area (Å²) < 4.78 is 32.9. The van der Waals surface area contributed by atoms with Gasteiger partial charge in [-0.15, -0.1) is 0 Å². The Balaban J connectivity index is 1.85. The van der Waals surface area contributed by atoms with Crippen molar-refractivity contribution in [3.05, 3.63) is 53.9 Å². The van der Waals surface area contributed by atoms with Crippen LogP contribution in [0.4, 0.5) is 0 Å². The Bertz CT molecular complexity index is 894. The zero-order chi connectivity index (χ0) is 19.3. The molecule has 0 spiro atoms. The number of ether oxygens (including phenoxy) is 1. The Labute approximate surface area is 159 Å². The average Bonchev–Trinajstić information content (AvgIpc) is 3.23. The van der Waals surface area contributed by atoms with Gasteiger partial charge in [-0.25, -0.2) is 8.42 Å². The van der Waals surface area contributed by atoms with Crippen LogP contribution in [0.25, 0.3) is 0 Å². The minimum Gasteiger partial charge on any atom is -0.492 e. The molecule has 1 saturated heterocycles. The first-order valence-corrected chi connectivity index (χ1v) is 10.4. The molecule has 0 aliphatic carbocycles. The molecule has 0 atom stereocenters. The highest BCUT2D eigenvalue weighted by atomic mass is 32.2. The van der Waals surface area contributed by atoms with E-state index in [0.717, 1.165) is 18.4 Å². The number of hydrogen-bond donors (Lipinski definition) is 1. The van der Waals surface area contributed by atoms with E-state index in [0.29, 0.717) is 26.2 Å². The highest BCUT2D eigenvalue weighted by Gasteiger charge is 2.30. The van der Waals surface area contributed by atoms with Crippen molar-refractivity contribution in [2.45, 2.75) is 31.2 Å². The molecule has 1 amide bonds. The van der Waals surface area contributed by atoms with Crippen LogP contribution < -0.4 is 10.1 Å². The van der Waals surface area contributed by atoms with Crippen molar-refractivity contribution in [3.8, 4) is 5.75 Å². The van der Waals surface area contributed by atoms with E-state index in [2.05, 4.69) is 10.3 Å². The normalized spacial score (nSPS) is 14.9. The summed E-state index contributed by atoms with van der Waals surface area (Å²) in [5.74, 6) is -0.0759. The van der Waals surface area contributed by atoms with Gasteiger partial charge in [0.05, 0.1) is 6.61 Å². The molecule has 0 saturated carbocycles. The monoisotopic (exact) mass is 389 g/mol. The van der Waals surface area contributed by atoms with Gasteiger partial charge in [-0.3, -0.25) is 9.78 Å². The van der Waals surface area contributed by atoms with Crippen LogP contribution in [0, 0.1) is 0 Å². The first-order chi connectivity index (χ1) is 13.0. The molecule has 7 nitrogen and oxygen atoms in total. The number of hydrogen-bond acceptors (Lipinski definition) is 5. The minimum atomic E-state index is -3.70. The lowest BCUT2D eigenvalue weighted by Gasteiger charge is -2.19. The Morgan fingerprint density at radius 3 is 2.70 bits per heavy atom. The van der Waals surface area contributed by atoms with Gasteiger partial charge in [0, 0.05) is 37.6 Å². The Kier molecular flexibility index (Phi) is 6.08. The molecule has 2 heterocycles. The van der Waals surface area contributed by atoms with Crippen LogP contribution in [0.1, 0.15) is 35.7 Å². The fourth-order valence-corrected chi connectivity index (χ4v) is 4.65. The molecule has 0 radical (unpaired) electrons. The van der Waals surface area contributed by atoms with Gasteiger partial charge in [-0.2, -0.15) is 4.31 Å². The second-order valence-electron chi connectivity index (χ2n) is 6.25. The van der Waals surface area contributed by atoms with Gasteiger partial charge < -0.3 is 10.1 Å². The summed E-state index contributed by atoms with van der Waals surface area (Å²) in [6.07, 6.45) is 5.01. The zero-order valence-electron chi connectivity index (χ0n) is 15.2. The van der Waals surface area contributed by atoms with Crippen molar-refractivity contribution in [3.63, 3.8) is 0 Å². The van der Waals surface area contributed by atoms with Crippen LogP contribution in [-0.4, -0.2) is 43.3 Å². The topological polar surface area (TPSA) is 88.6 Å². The number of carbonyl (C=O) groups is 1. The molecule has 1 aliphatic rings. The van der Waals surface area contributed by atoms with Gasteiger partial charge >= 0.3 is 0 Å². The summed E-state index contributed by atoms with van der Waals surface area (Å²) in [4.78, 5) is 16.6. The molecule has 27 heavy (non-hydrogen) atoms. The molecule has 144 valence electrons. The van der Waals surface area contributed by atoms with E-state index in [1.54, 1.807) is 37.5 Å². The van der Waals surface area contributed by atoms with Gasteiger partial charge in [0.15, 0.2) is 0 Å². The van der Waals surface area contributed by atoms with Crippen molar-refractivity contribution in [1.29, 1.82) is 0 Å². The number of aromatic nitrogens is 1. The predicted molar refractivity (Wildman–Crippen MR) is 101 cm³/mol. The van der Waals surface area contributed by atoms with Crippen LogP contribution in [0.2, 0.25) is 0 Å². The maximum absolute atomic E-state index is 13.0. The molecule has 1 aromatic heterocycles. The second-order valence-corrected chi connectivity index (χ2v) is 8.16. The van der Waals surface area contributed by atoms with Gasteiger partial charge in [-0.05, 0) is 49.6 Å². The molecule has 1 N–H and O–H groups in total. The third kappa shape index (κ3) is 4.45. The highest BCUT2D eigenvalue weighted by Crippen LogP contribution is 2.30. The molecule has 1 aromatic carbocycles. The standard InChI is InChI=1S/C19H23N3O4S/c1-2-26-17-8-7-16(19(23)21-14-15-6-5-9-20-13-15)12-18(17)27(24,25)22-10-3-4-11-22/h5-9,12-13H,2-4,10-11,14H2,1H3,(H,21,23). The zero-order valence-corrected chi connectivity index (χ0v) is 16.0. The van der Waals surface area contributed by atoms with Crippen molar-refractivity contribution >= 4 is 15.9 Å². The third-order valence-corrected chi connectivity index (χ3v) is 6.28. The summed E-state index contributed by atoms with van der Waals surface area (Å²) in [7, 11) is -3.70. The Hall–Kier alpha value is -2.45. The summed E-state index contributed by atoms with van der Waals surface area (Å²) in [6, 6.07) is 8.17. The number of carbonyl (C=O) groups excluding carboxylic acids is 1. The number of benzene rings is 1. The highest BCUT2D eigenvalue weighted by molar-refractivity contribution is 7.89. The predicted octanol–water partition coefficient (Wildman–Crippen LogP) is 2.19. The number of rotatable bonds is 7. The summed E-state index contributed by atoms with van der Waals surface area (Å²) in [5.41, 5.74) is 1.14. The van der Waals surface area contributed by atoms with Crippen molar-refractivity contribution in [2.75, 3.05) is 19.7 Å². The van der Waals surface area contributed by atoms with E-state index in [1.165, 1.54) is 10.4 Å². The lowest BCUT2D eigenvalue weighted by atomic mass is 10.2. The van der Waals surface area contributed by atoms with Crippen molar-refractivity contribution in [2.24, 2.45) is 0 Å². The van der Waals surface area contributed by atoms with E-state index in [4.69, 9.17) is 4.74 Å². The lowest BCUT2D eigenvalue weighted by Crippen LogP contribution is -2.29. The molecule has 8 heteroatoms. The minimum absolute atomic E-state index is 0.0419. The quantitative estimate of drug-likeness (QED) is 0.784. The Morgan fingerprint density at radius 2 is 2.04 bits per heavy atom. The number of sulfonamides is 1. The Morgan fingerprint density at radius 1 is 1.26 bits per heavy atom. The summed E-state index contributed by atoms with van der Waals surface area (Å²) in [5, 5.41) is 2.79. The van der Waals surface area contributed by atoms with Crippen LogP contribution in [-0.2, 0) is 16.6 Å². The van der Waals surface area contributed by atoms with Crippen LogP contribution in [0.3, 0.4) is 0 Å². The summed E-state index contributed by atoms with van der Waals surface area (Å²) >= 11 is 0. The summed E-state index contributed by atoms with van der Waals surface area (Å²) in [6.45, 7) is 3.43. The fraction of sp³-hybridized carbons (Fsp3) is 0.368. The fourth-order valence-electron chi connectivity index (χ4n) is 2.98. The third-order valence-electron chi connectivity index (χ3n) is 4.36. The van der Waals surface area contributed by atoms with Crippen LogP contribution >= 0.6 is 0 Å². The second kappa shape index (κ2) is 8.49. The smallest absolute Gasteiger partial charge is 0.251 e. The van der Waals surface area contributed by atoms with Gasteiger partial charge in [0.2, 0.25) is 10.0 Å². The molecule has 0 unspecified atom stereocenters. The number of nitrogens with one attached hydrogen (secondary N) is 1. The van der Waals surface area contributed by atoms with Crippen LogP contribution in [0.15, 0.2) is 47.6 Å². The molecule has 3 rings (SSSR count). The number of pyridine rings is 1. The van der Waals surface area contributed by atoms with E-state index < -0.39 is 10.0 Å². The molecule has 1 aliphatic heterocycles. The van der Waals surface area contributed by atoms with Crippen molar-refractivity contribution in [1.82, 2.24) is 14.6 Å². The van der Waals surface area contributed by atoms with Crippen molar-refractivity contribution < 1.29 is 17.9 Å². The lowest BCUT2D eigenvalue weighted by molar-refractivity contribution is 0.0950. The number of nitrogens with zero attached hydrogens (tertiary/aromatic N) is 2. The van der Waals surface area contributed by atoms with Gasteiger partial charge in [0.25, 0.3) is 5.91 Å². The molecule has 1 fully saturated rings. The SMILES string of the molecule is CCOc1ccc(C(=O)NCc2cccnc2)cc1S(=O)(=O)N1CCCC1. The van der Waals surface area contributed by atoms with E-state index in [-0.39, 0.29) is 22.1 Å². The average molecular weight is 389 g/mol. The van der Waals surface area contributed by atoms with Crippen LogP contribution in [0.5, 0.6) is 5.75 Å². The van der Waals surface area contributed by atoms with E-state index in [1.807, 2.05) is 6.07 Å². The molecule has 0 bridgehead atoms. The first-order valence-electron chi connectivity index (χ1n) is 8.96. The van der Waals surface area contributed by atoms with Gasteiger partial charge in [0.1, 0.15) is 10.6 Å². The molecule has 2 aromatic rings. The van der Waals surface area contributed by atoms with E-state index in [9.17, 15) is 13.2 Å². The largest absolute Gasteiger partial charge is 0.492 e.